The van der Waals surface area contributed by atoms with Crippen LogP contribution in [-0.4, -0.2) is 17.1 Å². The first-order valence-corrected chi connectivity index (χ1v) is 4.91. The molecule has 1 aliphatic rings. The molecule has 0 spiro atoms. The minimum absolute atomic E-state index is 0.188. The number of nitrogen functional groups attached to an aromatic ring is 1. The van der Waals surface area contributed by atoms with Gasteiger partial charge in [0.2, 0.25) is 0 Å². The number of rotatable bonds is 0. The molecule has 4 heteroatoms. The summed E-state index contributed by atoms with van der Waals surface area (Å²) in [4.78, 5) is 15.8. The quantitative estimate of drug-likeness (QED) is 0.653. The number of fused-ring (bicyclic) bond motifs is 1. The zero-order chi connectivity index (χ0) is 11.2. The molecule has 4 nitrogen and oxygen atoms in total. The lowest BCUT2D eigenvalue weighted by Gasteiger charge is -2.36. The molecule has 0 unspecified atom stereocenters. The standard InChI is InChI=1S/C11H14N2O2/c1-6-11(2,3)9-7(10(14)15-6)4-5-8(12)13-9/h4-6H,1-3H3,(H2,12,13)/t6-/m0/s1. The fraction of sp³-hybridized carbons (Fsp3) is 0.455. The van der Waals surface area contributed by atoms with Gasteiger partial charge in [0, 0.05) is 5.41 Å². The van der Waals surface area contributed by atoms with E-state index >= 15 is 0 Å². The van der Waals surface area contributed by atoms with Crippen molar-refractivity contribution in [1.82, 2.24) is 4.98 Å². The van der Waals surface area contributed by atoms with E-state index in [1.165, 1.54) is 0 Å². The fourth-order valence-electron chi connectivity index (χ4n) is 1.69. The van der Waals surface area contributed by atoms with Crippen molar-refractivity contribution in [3.8, 4) is 0 Å². The number of aromatic nitrogens is 1. The highest BCUT2D eigenvalue weighted by molar-refractivity contribution is 5.92. The van der Waals surface area contributed by atoms with E-state index in [9.17, 15) is 4.79 Å². The molecule has 15 heavy (non-hydrogen) atoms. The minimum Gasteiger partial charge on any atom is -0.458 e. The van der Waals surface area contributed by atoms with Crippen molar-refractivity contribution in [2.24, 2.45) is 0 Å². The van der Waals surface area contributed by atoms with E-state index in [0.717, 1.165) is 5.69 Å². The summed E-state index contributed by atoms with van der Waals surface area (Å²) in [5, 5.41) is 0. The summed E-state index contributed by atoms with van der Waals surface area (Å²) >= 11 is 0. The number of nitrogens with two attached hydrogens (primary N) is 1. The van der Waals surface area contributed by atoms with Crippen LogP contribution in [0, 0.1) is 0 Å². The number of carbonyl (C=O) groups is 1. The SMILES string of the molecule is C[C@@H]1OC(=O)c2ccc(N)nc2C1(C)C. The molecule has 80 valence electrons. The molecule has 0 saturated heterocycles. The molecule has 0 aliphatic carbocycles. The first-order chi connectivity index (χ1) is 6.93. The first-order valence-electron chi connectivity index (χ1n) is 4.91. The molecule has 2 heterocycles. The van der Waals surface area contributed by atoms with Crippen molar-refractivity contribution in [2.75, 3.05) is 5.73 Å². The molecule has 0 bridgehead atoms. The van der Waals surface area contributed by atoms with Crippen molar-refractivity contribution in [1.29, 1.82) is 0 Å². The third kappa shape index (κ3) is 1.37. The molecule has 0 aromatic carbocycles. The average molecular weight is 206 g/mol. The molecule has 1 aromatic rings. The lowest BCUT2D eigenvalue weighted by Crippen LogP contribution is -2.42. The Balaban J connectivity index is 2.66. The number of hydrogen-bond acceptors (Lipinski definition) is 4. The van der Waals surface area contributed by atoms with E-state index in [-0.39, 0.29) is 17.5 Å². The summed E-state index contributed by atoms with van der Waals surface area (Å²) < 4.78 is 5.25. The van der Waals surface area contributed by atoms with Crippen molar-refractivity contribution in [2.45, 2.75) is 32.3 Å². The number of anilines is 1. The summed E-state index contributed by atoms with van der Waals surface area (Å²) in [6.45, 7) is 5.86. The van der Waals surface area contributed by atoms with Gasteiger partial charge in [-0.1, -0.05) is 13.8 Å². The van der Waals surface area contributed by atoms with Crippen LogP contribution in [0.25, 0.3) is 0 Å². The van der Waals surface area contributed by atoms with Gasteiger partial charge >= 0.3 is 5.97 Å². The molecule has 2 rings (SSSR count). The second kappa shape index (κ2) is 2.95. The molecule has 2 N–H and O–H groups in total. The van der Waals surface area contributed by atoms with Gasteiger partial charge in [0.15, 0.2) is 0 Å². The lowest BCUT2D eigenvalue weighted by molar-refractivity contribution is 0.00864. The number of hydrogen-bond donors (Lipinski definition) is 1. The molecule has 1 aliphatic heterocycles. The Labute approximate surface area is 88.4 Å². The highest BCUT2D eigenvalue weighted by Crippen LogP contribution is 2.35. The number of esters is 1. The Morgan fingerprint density at radius 3 is 2.80 bits per heavy atom. The minimum atomic E-state index is -0.315. The van der Waals surface area contributed by atoms with Gasteiger partial charge in [-0.2, -0.15) is 0 Å². The largest absolute Gasteiger partial charge is 0.458 e. The van der Waals surface area contributed by atoms with Crippen LogP contribution in [0.15, 0.2) is 12.1 Å². The van der Waals surface area contributed by atoms with E-state index < -0.39 is 0 Å². The fourth-order valence-corrected chi connectivity index (χ4v) is 1.69. The number of cyclic esters (lactones) is 1. The highest BCUT2D eigenvalue weighted by Gasteiger charge is 2.40. The second-order valence-electron chi connectivity index (χ2n) is 4.40. The smallest absolute Gasteiger partial charge is 0.340 e. The van der Waals surface area contributed by atoms with Crippen molar-refractivity contribution in [3.63, 3.8) is 0 Å². The van der Waals surface area contributed by atoms with Gasteiger partial charge in [-0.05, 0) is 19.1 Å². The molecule has 0 amide bonds. The molecular formula is C11H14N2O2. The third-order valence-electron chi connectivity index (χ3n) is 3.05. The maximum atomic E-state index is 11.6. The van der Waals surface area contributed by atoms with Crippen LogP contribution in [0.2, 0.25) is 0 Å². The normalized spacial score (nSPS) is 23.1. The highest BCUT2D eigenvalue weighted by atomic mass is 16.5. The van der Waals surface area contributed by atoms with Crippen molar-refractivity contribution >= 4 is 11.8 Å². The van der Waals surface area contributed by atoms with E-state index in [2.05, 4.69) is 4.98 Å². The monoisotopic (exact) mass is 206 g/mol. The summed E-state index contributed by atoms with van der Waals surface area (Å²) in [6.07, 6.45) is -0.188. The summed E-state index contributed by atoms with van der Waals surface area (Å²) in [6, 6.07) is 3.29. The number of ether oxygens (including phenoxy) is 1. The Morgan fingerprint density at radius 2 is 2.13 bits per heavy atom. The lowest BCUT2D eigenvalue weighted by atomic mass is 9.79. The molecular weight excluding hydrogens is 192 g/mol. The van der Waals surface area contributed by atoms with Crippen LogP contribution in [0.5, 0.6) is 0 Å². The Hall–Kier alpha value is -1.58. The van der Waals surface area contributed by atoms with Gasteiger partial charge in [0.1, 0.15) is 11.9 Å². The van der Waals surface area contributed by atoms with Gasteiger partial charge < -0.3 is 10.5 Å². The third-order valence-corrected chi connectivity index (χ3v) is 3.05. The van der Waals surface area contributed by atoms with Crippen LogP contribution in [-0.2, 0) is 10.2 Å². The molecule has 0 radical (unpaired) electrons. The second-order valence-corrected chi connectivity index (χ2v) is 4.40. The topological polar surface area (TPSA) is 65.2 Å². The van der Waals surface area contributed by atoms with E-state index in [4.69, 9.17) is 10.5 Å². The zero-order valence-corrected chi connectivity index (χ0v) is 9.07. The zero-order valence-electron chi connectivity index (χ0n) is 9.07. The van der Waals surface area contributed by atoms with Crippen LogP contribution < -0.4 is 5.73 Å². The first kappa shape index (κ1) is 9.96. The Bertz CT molecular complexity index is 427. The van der Waals surface area contributed by atoms with Gasteiger partial charge in [-0.25, -0.2) is 9.78 Å². The number of nitrogens with zero attached hydrogens (tertiary/aromatic N) is 1. The Morgan fingerprint density at radius 1 is 1.47 bits per heavy atom. The van der Waals surface area contributed by atoms with Crippen LogP contribution >= 0.6 is 0 Å². The summed E-state index contributed by atoms with van der Waals surface area (Å²) in [7, 11) is 0. The van der Waals surface area contributed by atoms with Gasteiger partial charge in [0.25, 0.3) is 0 Å². The molecule has 0 saturated carbocycles. The van der Waals surface area contributed by atoms with E-state index in [1.54, 1.807) is 12.1 Å². The van der Waals surface area contributed by atoms with Crippen LogP contribution in [0.1, 0.15) is 36.8 Å². The number of carbonyl (C=O) groups excluding carboxylic acids is 1. The van der Waals surface area contributed by atoms with Crippen LogP contribution in [0.4, 0.5) is 5.82 Å². The van der Waals surface area contributed by atoms with E-state index in [0.29, 0.717) is 11.4 Å². The van der Waals surface area contributed by atoms with Crippen LogP contribution in [0.3, 0.4) is 0 Å². The van der Waals surface area contributed by atoms with Gasteiger partial charge in [0.05, 0.1) is 11.3 Å². The van der Waals surface area contributed by atoms with Crippen molar-refractivity contribution in [3.05, 3.63) is 23.4 Å². The van der Waals surface area contributed by atoms with Gasteiger partial charge in [-0.3, -0.25) is 0 Å². The molecule has 1 aromatic heterocycles. The van der Waals surface area contributed by atoms with Crippen molar-refractivity contribution < 1.29 is 9.53 Å². The Kier molecular flexibility index (Phi) is 1.96. The number of pyridine rings is 1. The van der Waals surface area contributed by atoms with Gasteiger partial charge in [-0.15, -0.1) is 0 Å². The molecule has 0 fully saturated rings. The maximum absolute atomic E-state index is 11.6. The van der Waals surface area contributed by atoms with E-state index in [1.807, 2.05) is 20.8 Å². The predicted molar refractivity (Wildman–Crippen MR) is 56.6 cm³/mol. The predicted octanol–water partition coefficient (Wildman–Crippen LogP) is 1.50. The average Bonchev–Trinajstić information content (AvgIpc) is 2.15. The summed E-state index contributed by atoms with van der Waals surface area (Å²) in [5.41, 5.74) is 6.59. The molecule has 1 atom stereocenters. The maximum Gasteiger partial charge on any atom is 0.340 e. The summed E-state index contributed by atoms with van der Waals surface area (Å²) in [5.74, 6) is 0.119.